The van der Waals surface area contributed by atoms with E-state index in [9.17, 15) is 26.4 Å². The number of halogens is 3. The summed E-state index contributed by atoms with van der Waals surface area (Å²) in [4.78, 5) is 11.1. The molecule has 1 saturated heterocycles. The van der Waals surface area contributed by atoms with Crippen molar-refractivity contribution in [2.45, 2.75) is 11.8 Å². The van der Waals surface area contributed by atoms with Crippen LogP contribution in [0.4, 0.5) is 13.2 Å². The van der Waals surface area contributed by atoms with Crippen LogP contribution in [0.5, 0.6) is 5.75 Å². The van der Waals surface area contributed by atoms with Gasteiger partial charge in [-0.05, 0) is 12.1 Å². The van der Waals surface area contributed by atoms with Crippen LogP contribution in [0.25, 0.3) is 0 Å². The first-order chi connectivity index (χ1) is 10.1. The second-order valence-corrected chi connectivity index (χ2v) is 5.66. The molecule has 2 rings (SSSR count). The molecule has 0 aromatic heterocycles. The molecule has 0 radical (unpaired) electrons. The maximum atomic E-state index is 12.3. The Labute approximate surface area is 122 Å². The first kappa shape index (κ1) is 16.5. The van der Waals surface area contributed by atoms with E-state index in [1.165, 1.54) is 0 Å². The second-order valence-electron chi connectivity index (χ2n) is 4.12. The van der Waals surface area contributed by atoms with Gasteiger partial charge in [0.05, 0.1) is 13.2 Å². The minimum absolute atomic E-state index is 0.214. The minimum atomic E-state index is -5.96. The van der Waals surface area contributed by atoms with Crippen LogP contribution in [0.15, 0.2) is 18.2 Å². The summed E-state index contributed by atoms with van der Waals surface area (Å²) in [6.45, 7) is 0.543. The van der Waals surface area contributed by atoms with Gasteiger partial charge in [0.25, 0.3) is 0 Å². The van der Waals surface area contributed by atoms with Crippen molar-refractivity contribution in [3.8, 4) is 5.75 Å². The van der Waals surface area contributed by atoms with E-state index in [2.05, 4.69) is 4.18 Å². The van der Waals surface area contributed by atoms with Gasteiger partial charge >= 0.3 is 21.6 Å². The molecule has 122 valence electrons. The zero-order chi connectivity index (χ0) is 16.5. The molecule has 0 amide bonds. The smallest absolute Gasteiger partial charge is 0.478 e. The third-order valence-electron chi connectivity index (χ3n) is 2.61. The maximum Gasteiger partial charge on any atom is 0.534 e. The highest BCUT2D eigenvalue weighted by molar-refractivity contribution is 7.88. The van der Waals surface area contributed by atoms with E-state index in [1.807, 2.05) is 0 Å². The molecule has 1 aliphatic rings. The average Bonchev–Trinajstić information content (AvgIpc) is 2.91. The number of alkyl halides is 3. The van der Waals surface area contributed by atoms with Gasteiger partial charge in [-0.1, -0.05) is 6.07 Å². The van der Waals surface area contributed by atoms with E-state index < -0.39 is 39.2 Å². The van der Waals surface area contributed by atoms with Gasteiger partial charge in [-0.15, -0.1) is 0 Å². The molecule has 1 aromatic carbocycles. The fourth-order valence-electron chi connectivity index (χ4n) is 1.65. The Balaban J connectivity index is 2.38. The number of hydrogen-bond acceptors (Lipinski definition) is 6. The lowest BCUT2D eigenvalue weighted by atomic mass is 10.1. The summed E-state index contributed by atoms with van der Waals surface area (Å²) < 4.78 is 72.8. The fraction of sp³-hybridized carbons (Fsp3) is 0.364. The Bertz CT molecular complexity index is 677. The monoisotopic (exact) mass is 342 g/mol. The molecule has 7 nitrogen and oxygen atoms in total. The molecule has 0 aliphatic carbocycles. The molecule has 0 atom stereocenters. The molecule has 1 N–H and O–H groups in total. The van der Waals surface area contributed by atoms with E-state index in [-0.39, 0.29) is 18.8 Å². The van der Waals surface area contributed by atoms with Gasteiger partial charge in [-0.2, -0.15) is 21.6 Å². The molecular weight excluding hydrogens is 333 g/mol. The van der Waals surface area contributed by atoms with Crippen LogP contribution in [0.2, 0.25) is 0 Å². The van der Waals surface area contributed by atoms with Crippen LogP contribution < -0.4 is 4.18 Å². The molecule has 0 unspecified atom stereocenters. The Hall–Kier alpha value is -1.85. The molecule has 11 heteroatoms. The molecule has 0 bridgehead atoms. The predicted molar refractivity (Wildman–Crippen MR) is 63.6 cm³/mol. The van der Waals surface area contributed by atoms with Crippen molar-refractivity contribution >= 4 is 16.1 Å². The Morgan fingerprint density at radius 2 is 1.86 bits per heavy atom. The van der Waals surface area contributed by atoms with Crippen LogP contribution in [0.1, 0.15) is 22.2 Å². The largest absolute Gasteiger partial charge is 0.534 e. The number of carboxylic acid groups (broad SMARTS) is 1. The standard InChI is InChI=1S/C11H9F3O7S/c12-11(13,14)22(17,18)21-8-2-1-6(5-7(8)9(15)16)10-19-3-4-20-10/h1-2,5,10H,3-4H2,(H,15,16). The van der Waals surface area contributed by atoms with Crippen molar-refractivity contribution < 1.29 is 45.1 Å². The van der Waals surface area contributed by atoms with E-state index in [0.717, 1.165) is 18.2 Å². The van der Waals surface area contributed by atoms with Gasteiger partial charge in [0.1, 0.15) is 5.56 Å². The second kappa shape index (κ2) is 5.74. The van der Waals surface area contributed by atoms with Gasteiger partial charge in [-0.25, -0.2) is 4.79 Å². The molecule has 1 fully saturated rings. The average molecular weight is 342 g/mol. The van der Waals surface area contributed by atoms with E-state index in [4.69, 9.17) is 14.6 Å². The highest BCUT2D eigenvalue weighted by atomic mass is 32.2. The SMILES string of the molecule is O=C(O)c1cc(C2OCCO2)ccc1OS(=O)(=O)C(F)(F)F. The third-order valence-corrected chi connectivity index (χ3v) is 3.58. The summed E-state index contributed by atoms with van der Waals surface area (Å²) in [6.07, 6.45) is -0.869. The van der Waals surface area contributed by atoms with Gasteiger partial charge in [0, 0.05) is 5.56 Å². The van der Waals surface area contributed by atoms with Crippen molar-refractivity contribution in [3.63, 3.8) is 0 Å². The zero-order valence-corrected chi connectivity index (χ0v) is 11.5. The van der Waals surface area contributed by atoms with Crippen LogP contribution in [0, 0.1) is 0 Å². The summed E-state index contributed by atoms with van der Waals surface area (Å²) in [5.74, 6) is -2.61. The Kier molecular flexibility index (Phi) is 4.31. The van der Waals surface area contributed by atoms with E-state index in [0.29, 0.717) is 0 Å². The quantitative estimate of drug-likeness (QED) is 0.656. The van der Waals surface area contributed by atoms with Crippen molar-refractivity contribution in [2.75, 3.05) is 13.2 Å². The molecule has 22 heavy (non-hydrogen) atoms. The molecular formula is C11H9F3O7S. The molecule has 1 heterocycles. The van der Waals surface area contributed by atoms with Crippen LogP contribution >= 0.6 is 0 Å². The summed E-state index contributed by atoms with van der Waals surface area (Å²) >= 11 is 0. The van der Waals surface area contributed by atoms with Gasteiger partial charge < -0.3 is 18.8 Å². The zero-order valence-electron chi connectivity index (χ0n) is 10.7. The summed E-state index contributed by atoms with van der Waals surface area (Å²) in [7, 11) is -5.96. The minimum Gasteiger partial charge on any atom is -0.478 e. The summed E-state index contributed by atoms with van der Waals surface area (Å²) in [5, 5.41) is 8.99. The molecule has 1 aliphatic heterocycles. The van der Waals surface area contributed by atoms with Crippen molar-refractivity contribution in [1.82, 2.24) is 0 Å². The Morgan fingerprint density at radius 3 is 2.36 bits per heavy atom. The van der Waals surface area contributed by atoms with Crippen LogP contribution in [-0.2, 0) is 19.6 Å². The molecule has 0 saturated carbocycles. The summed E-state index contributed by atoms with van der Waals surface area (Å²) in [6, 6.07) is 2.89. The highest BCUT2D eigenvalue weighted by Gasteiger charge is 2.49. The van der Waals surface area contributed by atoms with Crippen molar-refractivity contribution in [2.24, 2.45) is 0 Å². The maximum absolute atomic E-state index is 12.3. The highest BCUT2D eigenvalue weighted by Crippen LogP contribution is 2.32. The normalized spacial score (nSPS) is 16.7. The van der Waals surface area contributed by atoms with Crippen molar-refractivity contribution in [3.05, 3.63) is 29.3 Å². The fourth-order valence-corrected chi connectivity index (χ4v) is 2.13. The molecule has 0 spiro atoms. The van der Waals surface area contributed by atoms with E-state index >= 15 is 0 Å². The number of ether oxygens (including phenoxy) is 2. The van der Waals surface area contributed by atoms with E-state index in [1.54, 1.807) is 0 Å². The Morgan fingerprint density at radius 1 is 1.27 bits per heavy atom. The lowest BCUT2D eigenvalue weighted by Crippen LogP contribution is -2.28. The van der Waals surface area contributed by atoms with Gasteiger partial charge in [0.15, 0.2) is 12.0 Å². The van der Waals surface area contributed by atoms with Gasteiger partial charge in [0.2, 0.25) is 0 Å². The predicted octanol–water partition coefficient (Wildman–Crippen LogP) is 1.66. The third kappa shape index (κ3) is 3.31. The topological polar surface area (TPSA) is 99.1 Å². The lowest BCUT2D eigenvalue weighted by Gasteiger charge is -2.14. The first-order valence-electron chi connectivity index (χ1n) is 5.73. The number of hydrogen-bond donors (Lipinski definition) is 1. The number of rotatable bonds is 4. The first-order valence-corrected chi connectivity index (χ1v) is 7.14. The number of benzene rings is 1. The van der Waals surface area contributed by atoms with Crippen LogP contribution in [-0.4, -0.2) is 38.2 Å². The molecule has 1 aromatic rings. The van der Waals surface area contributed by atoms with Gasteiger partial charge in [-0.3, -0.25) is 0 Å². The summed E-state index contributed by atoms with van der Waals surface area (Å²) in [5.41, 5.74) is -6.21. The van der Waals surface area contributed by atoms with Crippen molar-refractivity contribution in [1.29, 1.82) is 0 Å². The van der Waals surface area contributed by atoms with Crippen LogP contribution in [0.3, 0.4) is 0 Å². The number of carboxylic acids is 1. The lowest BCUT2D eigenvalue weighted by molar-refractivity contribution is -0.0501. The number of aromatic carboxylic acids is 1. The number of carbonyl (C=O) groups is 1.